The van der Waals surface area contributed by atoms with Gasteiger partial charge in [-0.15, -0.1) is 0 Å². The van der Waals surface area contributed by atoms with Gasteiger partial charge in [-0.25, -0.2) is 4.98 Å². The Balaban J connectivity index is 0.000000487. The van der Waals surface area contributed by atoms with Crippen LogP contribution in [0.5, 0.6) is 0 Å². The number of amides is 1. The number of fused-ring (bicyclic) bond motifs is 1. The lowest BCUT2D eigenvalue weighted by Gasteiger charge is -2.36. The van der Waals surface area contributed by atoms with Crippen molar-refractivity contribution < 1.29 is 4.79 Å². The summed E-state index contributed by atoms with van der Waals surface area (Å²) in [5, 5.41) is 0. The molecule has 3 fully saturated rings. The molecule has 1 amide bonds. The fourth-order valence-electron chi connectivity index (χ4n) is 3.67. The van der Waals surface area contributed by atoms with Gasteiger partial charge in [0, 0.05) is 32.2 Å². The van der Waals surface area contributed by atoms with Gasteiger partial charge in [0.25, 0.3) is 5.91 Å². The average molecular weight is 332 g/mol. The van der Waals surface area contributed by atoms with Gasteiger partial charge in [0.1, 0.15) is 5.69 Å². The summed E-state index contributed by atoms with van der Waals surface area (Å²) >= 11 is 0. The van der Waals surface area contributed by atoms with Crippen LogP contribution in [0.15, 0.2) is 18.2 Å². The molecule has 1 aromatic heterocycles. The second kappa shape index (κ2) is 8.61. The monoisotopic (exact) mass is 331 g/mol. The summed E-state index contributed by atoms with van der Waals surface area (Å²) in [7, 11) is 0. The van der Waals surface area contributed by atoms with Crippen LogP contribution in [0.4, 0.5) is 0 Å². The highest BCUT2D eigenvalue weighted by Gasteiger charge is 2.49. The van der Waals surface area contributed by atoms with Crippen LogP contribution in [0.3, 0.4) is 0 Å². The molecule has 134 valence electrons. The van der Waals surface area contributed by atoms with Gasteiger partial charge in [-0.1, -0.05) is 40.7 Å². The third kappa shape index (κ3) is 4.15. The van der Waals surface area contributed by atoms with Gasteiger partial charge < -0.3 is 4.90 Å². The van der Waals surface area contributed by atoms with E-state index in [2.05, 4.69) is 16.8 Å². The topological polar surface area (TPSA) is 36.4 Å². The maximum Gasteiger partial charge on any atom is 0.272 e. The summed E-state index contributed by atoms with van der Waals surface area (Å²) in [4.78, 5) is 21.5. The fourth-order valence-corrected chi connectivity index (χ4v) is 3.67. The van der Waals surface area contributed by atoms with Crippen molar-refractivity contribution in [3.8, 4) is 0 Å². The van der Waals surface area contributed by atoms with Crippen LogP contribution in [0.1, 0.15) is 63.6 Å². The van der Waals surface area contributed by atoms with Crippen molar-refractivity contribution in [3.05, 3.63) is 29.6 Å². The predicted molar refractivity (Wildman–Crippen MR) is 98.9 cm³/mol. The van der Waals surface area contributed by atoms with Crippen LogP contribution >= 0.6 is 0 Å². The number of nitrogens with zero attached hydrogens (tertiary/aromatic N) is 3. The molecule has 3 aliphatic rings. The summed E-state index contributed by atoms with van der Waals surface area (Å²) in [5.41, 5.74) is 1.65. The number of carbonyl (C=O) groups excluding carboxylic acids is 1. The summed E-state index contributed by atoms with van der Waals surface area (Å²) in [5.74, 6) is 1.72. The highest BCUT2D eigenvalue weighted by atomic mass is 16.2. The SMILES string of the molecule is CC.CC.CC1CN(Cc2cccc(C(=O)N3CCC4CC43)n2)C1. The zero-order valence-corrected chi connectivity index (χ0v) is 16.0. The van der Waals surface area contributed by atoms with Crippen molar-refractivity contribution in [2.24, 2.45) is 11.8 Å². The van der Waals surface area contributed by atoms with E-state index in [1.54, 1.807) is 0 Å². The third-order valence-corrected chi connectivity index (χ3v) is 4.84. The first-order chi connectivity index (χ1) is 11.7. The lowest BCUT2D eigenvalue weighted by atomic mass is 10.0. The molecule has 0 aromatic carbocycles. The molecule has 2 atom stereocenters. The quantitative estimate of drug-likeness (QED) is 0.845. The van der Waals surface area contributed by atoms with Gasteiger partial charge in [-0.2, -0.15) is 0 Å². The van der Waals surface area contributed by atoms with E-state index in [1.807, 2.05) is 50.8 Å². The van der Waals surface area contributed by atoms with E-state index < -0.39 is 0 Å². The Kier molecular flexibility index (Phi) is 6.79. The molecule has 1 aromatic rings. The molecule has 1 aliphatic carbocycles. The number of piperidine rings is 1. The first-order valence-corrected chi connectivity index (χ1v) is 9.70. The summed E-state index contributed by atoms with van der Waals surface area (Å²) in [6.45, 7) is 14.4. The summed E-state index contributed by atoms with van der Waals surface area (Å²) in [6, 6.07) is 6.38. The second-order valence-electron chi connectivity index (χ2n) is 6.66. The smallest absolute Gasteiger partial charge is 0.272 e. The number of rotatable bonds is 3. The van der Waals surface area contributed by atoms with Crippen LogP contribution in [0, 0.1) is 11.8 Å². The number of hydrogen-bond acceptors (Lipinski definition) is 3. The molecule has 0 bridgehead atoms. The largest absolute Gasteiger partial charge is 0.334 e. The molecule has 0 radical (unpaired) electrons. The third-order valence-electron chi connectivity index (χ3n) is 4.84. The Morgan fingerprint density at radius 1 is 1.21 bits per heavy atom. The minimum absolute atomic E-state index is 0.133. The first-order valence-electron chi connectivity index (χ1n) is 9.70. The molecule has 4 heteroatoms. The molecule has 4 rings (SSSR count). The van der Waals surface area contributed by atoms with Crippen LogP contribution in [-0.2, 0) is 6.54 Å². The maximum atomic E-state index is 12.5. The zero-order chi connectivity index (χ0) is 17.7. The lowest BCUT2D eigenvalue weighted by molar-refractivity contribution is 0.0760. The highest BCUT2D eigenvalue weighted by molar-refractivity contribution is 5.93. The first kappa shape index (κ1) is 18.9. The van der Waals surface area contributed by atoms with E-state index in [4.69, 9.17) is 0 Å². The number of carbonyl (C=O) groups is 1. The van der Waals surface area contributed by atoms with Gasteiger partial charge >= 0.3 is 0 Å². The minimum Gasteiger partial charge on any atom is -0.334 e. The molecular weight excluding hydrogens is 298 g/mol. The van der Waals surface area contributed by atoms with Crippen LogP contribution in [-0.4, -0.2) is 46.4 Å². The molecule has 2 aliphatic heterocycles. The van der Waals surface area contributed by atoms with E-state index >= 15 is 0 Å². The Labute approximate surface area is 147 Å². The Bertz CT molecular complexity index is 539. The zero-order valence-electron chi connectivity index (χ0n) is 16.0. The summed E-state index contributed by atoms with van der Waals surface area (Å²) in [6.07, 6.45) is 2.39. The highest BCUT2D eigenvalue weighted by Crippen LogP contribution is 2.44. The van der Waals surface area contributed by atoms with Gasteiger partial charge in [0.15, 0.2) is 0 Å². The Hall–Kier alpha value is -1.42. The van der Waals surface area contributed by atoms with Gasteiger partial charge in [-0.05, 0) is 36.8 Å². The fraction of sp³-hybridized carbons (Fsp3) is 0.700. The maximum absolute atomic E-state index is 12.5. The normalized spacial score (nSPS) is 24.8. The summed E-state index contributed by atoms with van der Waals surface area (Å²) < 4.78 is 0. The molecule has 1 saturated carbocycles. The van der Waals surface area contributed by atoms with Crippen molar-refractivity contribution in [1.29, 1.82) is 0 Å². The molecule has 0 N–H and O–H groups in total. The van der Waals surface area contributed by atoms with Crippen molar-refractivity contribution >= 4 is 5.91 Å². The van der Waals surface area contributed by atoms with Crippen molar-refractivity contribution in [1.82, 2.24) is 14.8 Å². The number of hydrogen-bond donors (Lipinski definition) is 0. The lowest BCUT2D eigenvalue weighted by Crippen LogP contribution is -2.44. The van der Waals surface area contributed by atoms with Crippen LogP contribution in [0.25, 0.3) is 0 Å². The molecule has 2 saturated heterocycles. The molecule has 0 spiro atoms. The van der Waals surface area contributed by atoms with Crippen LogP contribution in [0.2, 0.25) is 0 Å². The standard InChI is InChI=1S/C16H21N3O.2C2H6/c1-11-8-18(9-11)10-13-3-2-4-14(17-13)16(20)19-6-5-12-7-15(12)19;2*1-2/h2-4,11-12,15H,5-10H2,1H3;2*1-2H3. The van der Waals surface area contributed by atoms with Crippen molar-refractivity contribution in [2.45, 2.75) is 60.0 Å². The molecule has 4 nitrogen and oxygen atoms in total. The van der Waals surface area contributed by atoms with E-state index in [1.165, 1.54) is 12.8 Å². The number of pyridine rings is 1. The van der Waals surface area contributed by atoms with E-state index in [9.17, 15) is 4.79 Å². The van der Waals surface area contributed by atoms with Crippen LogP contribution < -0.4 is 0 Å². The van der Waals surface area contributed by atoms with Gasteiger partial charge in [0.2, 0.25) is 0 Å². The molecule has 24 heavy (non-hydrogen) atoms. The molecule has 2 unspecified atom stereocenters. The second-order valence-corrected chi connectivity index (χ2v) is 6.66. The van der Waals surface area contributed by atoms with Gasteiger partial charge in [-0.3, -0.25) is 9.69 Å². The van der Waals surface area contributed by atoms with Gasteiger partial charge in [0.05, 0.1) is 5.69 Å². The predicted octanol–water partition coefficient (Wildman–Crippen LogP) is 3.82. The average Bonchev–Trinajstić information content (AvgIpc) is 3.27. The Morgan fingerprint density at radius 3 is 2.46 bits per heavy atom. The van der Waals surface area contributed by atoms with Crippen molar-refractivity contribution in [3.63, 3.8) is 0 Å². The van der Waals surface area contributed by atoms with E-state index in [-0.39, 0.29) is 5.91 Å². The van der Waals surface area contributed by atoms with Crippen molar-refractivity contribution in [2.75, 3.05) is 19.6 Å². The van der Waals surface area contributed by atoms with E-state index in [0.29, 0.717) is 11.7 Å². The minimum atomic E-state index is 0.133. The molecule has 3 heterocycles. The molecular formula is C20H33N3O. The number of likely N-dealkylation sites (tertiary alicyclic amines) is 2. The number of aromatic nitrogens is 1. The Morgan fingerprint density at radius 2 is 1.92 bits per heavy atom. The van der Waals surface area contributed by atoms with E-state index in [0.717, 1.165) is 43.7 Å².